The van der Waals surface area contributed by atoms with Crippen molar-refractivity contribution in [3.63, 3.8) is 0 Å². The summed E-state index contributed by atoms with van der Waals surface area (Å²) in [7, 11) is 0. The summed E-state index contributed by atoms with van der Waals surface area (Å²) >= 11 is 5.04. The van der Waals surface area contributed by atoms with Gasteiger partial charge in [-0.25, -0.2) is 9.97 Å². The first-order valence-corrected chi connectivity index (χ1v) is 11.3. The normalized spacial score (nSPS) is 13.2. The molecular weight excluding hydrogens is 464 g/mol. The lowest BCUT2D eigenvalue weighted by Gasteiger charge is -2.16. The van der Waals surface area contributed by atoms with Gasteiger partial charge in [-0.2, -0.15) is 0 Å². The Bertz CT molecular complexity index is 1290. The van der Waals surface area contributed by atoms with Gasteiger partial charge in [0.25, 0.3) is 5.69 Å². The summed E-state index contributed by atoms with van der Waals surface area (Å²) in [4.78, 5) is 20.5. The number of nitro benzene ring substituents is 1. The predicted octanol–water partition coefficient (Wildman–Crippen LogP) is 6.65. The Balaban J connectivity index is 1.61. The minimum absolute atomic E-state index is 0.0197. The maximum atomic E-state index is 11.2. The molecule has 0 fully saturated rings. The minimum Gasteiger partial charge on any atom is -0.338 e. The lowest BCUT2D eigenvalue weighted by Crippen LogP contribution is -2.02. The van der Waals surface area contributed by atoms with Gasteiger partial charge in [0.05, 0.1) is 16.0 Å². The lowest BCUT2D eigenvalue weighted by molar-refractivity contribution is -0.384. The number of aryl methyl sites for hydroxylation is 2. The van der Waals surface area contributed by atoms with Crippen molar-refractivity contribution < 1.29 is 4.92 Å². The number of fused-ring (bicyclic) bond motifs is 2. The van der Waals surface area contributed by atoms with Crippen LogP contribution >= 0.6 is 27.3 Å². The van der Waals surface area contributed by atoms with E-state index in [-0.39, 0.29) is 5.69 Å². The second kappa shape index (κ2) is 7.77. The number of hydrogen-bond donors (Lipinski definition) is 1. The fraction of sp³-hybridized carbons (Fsp3) is 0.182. The van der Waals surface area contributed by atoms with Gasteiger partial charge in [0.1, 0.15) is 17.0 Å². The van der Waals surface area contributed by atoms with E-state index in [1.807, 2.05) is 0 Å². The summed E-state index contributed by atoms with van der Waals surface area (Å²) in [6.45, 7) is 0. The number of halogens is 1. The molecule has 5 rings (SSSR count). The molecule has 1 N–H and O–H groups in total. The van der Waals surface area contributed by atoms with E-state index in [1.54, 1.807) is 17.4 Å². The van der Waals surface area contributed by atoms with E-state index >= 15 is 0 Å². The minimum atomic E-state index is -0.406. The average Bonchev–Trinajstić information content (AvgIpc) is 3.20. The number of non-ortho nitro benzene ring substituents is 1. The maximum absolute atomic E-state index is 11.2. The number of aromatic nitrogens is 2. The highest BCUT2D eigenvalue weighted by atomic mass is 79.9. The quantitative estimate of drug-likeness (QED) is 0.261. The highest BCUT2D eigenvalue weighted by molar-refractivity contribution is 9.10. The van der Waals surface area contributed by atoms with Gasteiger partial charge in [-0.05, 0) is 64.4 Å². The number of nitrogens with one attached hydrogen (secondary N) is 1. The number of rotatable bonds is 4. The number of nitro groups is 1. The van der Waals surface area contributed by atoms with Crippen molar-refractivity contribution in [3.8, 4) is 11.1 Å². The van der Waals surface area contributed by atoms with Gasteiger partial charge in [-0.3, -0.25) is 10.1 Å². The van der Waals surface area contributed by atoms with Crippen LogP contribution in [0.5, 0.6) is 0 Å². The molecule has 0 saturated carbocycles. The zero-order chi connectivity index (χ0) is 20.7. The zero-order valence-electron chi connectivity index (χ0n) is 15.9. The van der Waals surface area contributed by atoms with Crippen LogP contribution in [0.4, 0.5) is 17.2 Å². The fourth-order valence-electron chi connectivity index (χ4n) is 3.93. The number of anilines is 2. The van der Waals surface area contributed by atoms with Gasteiger partial charge in [-0.15, -0.1) is 11.3 Å². The fourth-order valence-corrected chi connectivity index (χ4v) is 5.20. The van der Waals surface area contributed by atoms with E-state index in [0.717, 1.165) is 38.7 Å². The van der Waals surface area contributed by atoms with E-state index in [2.05, 4.69) is 54.8 Å². The highest BCUT2D eigenvalue weighted by Gasteiger charge is 2.17. The molecule has 30 heavy (non-hydrogen) atoms. The molecule has 1 aliphatic rings. The Hall–Kier alpha value is -2.84. The Kier molecular flexibility index (Phi) is 4.96. The van der Waals surface area contributed by atoms with Crippen LogP contribution < -0.4 is 5.32 Å². The van der Waals surface area contributed by atoms with Gasteiger partial charge < -0.3 is 5.32 Å². The van der Waals surface area contributed by atoms with Crippen molar-refractivity contribution in [2.45, 2.75) is 25.7 Å². The van der Waals surface area contributed by atoms with Crippen molar-refractivity contribution in [1.82, 2.24) is 9.97 Å². The average molecular weight is 481 g/mol. The van der Waals surface area contributed by atoms with Crippen molar-refractivity contribution in [2.24, 2.45) is 0 Å². The standard InChI is InChI=1S/C22H17BrN4O2S/c23-18-8-7-16(27(28)29)10-19(18)26-21-20-17(11-30-22(20)25-12-24-21)15-6-5-13-3-1-2-4-14(13)9-15/h5-12H,1-4H2,(H,24,25,26). The van der Waals surface area contributed by atoms with Crippen LogP contribution in [0.2, 0.25) is 0 Å². The second-order valence-electron chi connectivity index (χ2n) is 7.29. The first-order chi connectivity index (χ1) is 14.6. The first kappa shape index (κ1) is 19.1. The van der Waals surface area contributed by atoms with Gasteiger partial charge in [0.2, 0.25) is 0 Å². The topological polar surface area (TPSA) is 81.0 Å². The molecule has 2 heterocycles. The summed E-state index contributed by atoms with van der Waals surface area (Å²) in [6.07, 6.45) is 6.28. The molecule has 0 unspecified atom stereocenters. The van der Waals surface area contributed by atoms with E-state index in [0.29, 0.717) is 11.5 Å². The monoisotopic (exact) mass is 480 g/mol. The Morgan fingerprint density at radius 2 is 1.90 bits per heavy atom. The zero-order valence-corrected chi connectivity index (χ0v) is 18.3. The highest BCUT2D eigenvalue weighted by Crippen LogP contribution is 2.40. The third kappa shape index (κ3) is 3.46. The molecule has 0 bridgehead atoms. The molecule has 4 aromatic rings. The smallest absolute Gasteiger partial charge is 0.271 e. The van der Waals surface area contributed by atoms with Gasteiger partial charge >= 0.3 is 0 Å². The molecule has 0 spiro atoms. The summed E-state index contributed by atoms with van der Waals surface area (Å²) in [5.74, 6) is 0.634. The van der Waals surface area contributed by atoms with E-state index in [4.69, 9.17) is 0 Å². The molecule has 0 atom stereocenters. The molecule has 0 amide bonds. The molecule has 0 aliphatic heterocycles. The van der Waals surface area contributed by atoms with Crippen LogP contribution in [0.1, 0.15) is 24.0 Å². The summed E-state index contributed by atoms with van der Waals surface area (Å²) in [5.41, 5.74) is 5.70. The molecule has 6 nitrogen and oxygen atoms in total. The summed E-state index contributed by atoms with van der Waals surface area (Å²) in [5, 5.41) is 17.5. The van der Waals surface area contributed by atoms with Crippen LogP contribution in [0, 0.1) is 10.1 Å². The van der Waals surface area contributed by atoms with Crippen molar-refractivity contribution in [1.29, 1.82) is 0 Å². The molecule has 2 aromatic heterocycles. The van der Waals surface area contributed by atoms with Crippen LogP contribution in [-0.2, 0) is 12.8 Å². The lowest BCUT2D eigenvalue weighted by atomic mass is 9.89. The third-order valence-corrected chi connectivity index (χ3v) is 7.02. The molecular formula is C22H17BrN4O2S. The predicted molar refractivity (Wildman–Crippen MR) is 124 cm³/mol. The Morgan fingerprint density at radius 3 is 2.73 bits per heavy atom. The number of benzene rings is 2. The molecule has 1 aliphatic carbocycles. The van der Waals surface area contributed by atoms with Crippen LogP contribution in [0.3, 0.4) is 0 Å². The van der Waals surface area contributed by atoms with Crippen molar-refractivity contribution in [3.05, 3.63) is 73.8 Å². The molecule has 0 radical (unpaired) electrons. The number of hydrogen-bond acceptors (Lipinski definition) is 6. The largest absolute Gasteiger partial charge is 0.338 e. The molecule has 8 heteroatoms. The van der Waals surface area contributed by atoms with Crippen LogP contribution in [-0.4, -0.2) is 14.9 Å². The number of nitrogens with zero attached hydrogens (tertiary/aromatic N) is 3. The van der Waals surface area contributed by atoms with Gasteiger partial charge in [0, 0.05) is 27.5 Å². The van der Waals surface area contributed by atoms with Crippen molar-refractivity contribution >= 4 is 54.7 Å². The van der Waals surface area contributed by atoms with Gasteiger partial charge in [0.15, 0.2) is 0 Å². The van der Waals surface area contributed by atoms with Crippen molar-refractivity contribution in [2.75, 3.05) is 5.32 Å². The van der Waals surface area contributed by atoms with E-state index in [9.17, 15) is 10.1 Å². The van der Waals surface area contributed by atoms with Crippen LogP contribution in [0.25, 0.3) is 21.3 Å². The summed E-state index contributed by atoms with van der Waals surface area (Å²) < 4.78 is 0.727. The molecule has 0 saturated heterocycles. The van der Waals surface area contributed by atoms with E-state index < -0.39 is 4.92 Å². The third-order valence-electron chi connectivity index (χ3n) is 5.44. The molecule has 150 valence electrons. The van der Waals surface area contributed by atoms with Crippen LogP contribution in [0.15, 0.2) is 52.6 Å². The molecule has 2 aromatic carbocycles. The van der Waals surface area contributed by atoms with E-state index in [1.165, 1.54) is 42.4 Å². The number of thiophene rings is 1. The van der Waals surface area contributed by atoms with Gasteiger partial charge in [-0.1, -0.05) is 18.2 Å². The Morgan fingerprint density at radius 1 is 1.07 bits per heavy atom. The first-order valence-electron chi connectivity index (χ1n) is 9.65. The maximum Gasteiger partial charge on any atom is 0.271 e. The second-order valence-corrected chi connectivity index (χ2v) is 9.00. The Labute approximate surface area is 185 Å². The summed E-state index contributed by atoms with van der Waals surface area (Å²) in [6, 6.07) is 11.3. The SMILES string of the molecule is O=[N+]([O-])c1ccc(Br)c(Nc2ncnc3scc(-c4ccc5c(c4)CCCC5)c23)c1.